The predicted octanol–water partition coefficient (Wildman–Crippen LogP) is 3.74. The number of carbonyl (C=O) groups excluding carboxylic acids is 1. The predicted molar refractivity (Wildman–Crippen MR) is 117 cm³/mol. The van der Waals surface area contributed by atoms with E-state index in [0.717, 1.165) is 22.5 Å². The number of nitrogens with one attached hydrogen (secondary N) is 2. The van der Waals surface area contributed by atoms with Gasteiger partial charge in [-0.15, -0.1) is 0 Å². The zero-order chi connectivity index (χ0) is 21.2. The highest BCUT2D eigenvalue weighted by Gasteiger charge is 2.28. The van der Waals surface area contributed by atoms with Gasteiger partial charge in [-0.1, -0.05) is 24.3 Å². The monoisotopic (exact) mass is 412 g/mol. The van der Waals surface area contributed by atoms with Crippen LogP contribution in [0.2, 0.25) is 0 Å². The molecule has 1 unspecified atom stereocenters. The highest BCUT2D eigenvalue weighted by atomic mass is 16.5. The first-order chi connectivity index (χ1) is 15.2. The van der Waals surface area contributed by atoms with Crippen LogP contribution < -0.4 is 15.4 Å². The largest absolute Gasteiger partial charge is 0.481 e. The van der Waals surface area contributed by atoms with E-state index in [0.29, 0.717) is 18.1 Å². The summed E-state index contributed by atoms with van der Waals surface area (Å²) in [5.41, 5.74) is 5.66. The first kappa shape index (κ1) is 18.8. The quantitative estimate of drug-likeness (QED) is 0.521. The van der Waals surface area contributed by atoms with Crippen LogP contribution in [0.4, 0.5) is 10.5 Å². The Morgan fingerprint density at radius 3 is 2.87 bits per heavy atom. The Labute approximate surface area is 179 Å². The third-order valence-corrected chi connectivity index (χ3v) is 5.31. The van der Waals surface area contributed by atoms with E-state index in [1.165, 1.54) is 5.56 Å². The number of amides is 2. The Hall–Kier alpha value is -4.20. The third-order valence-electron chi connectivity index (χ3n) is 5.31. The summed E-state index contributed by atoms with van der Waals surface area (Å²) in [5.74, 6) is 0.524. The van der Waals surface area contributed by atoms with Crippen molar-refractivity contribution in [2.45, 2.75) is 6.04 Å². The number of urea groups is 1. The van der Waals surface area contributed by atoms with Crippen molar-refractivity contribution in [2.24, 2.45) is 0 Å². The van der Waals surface area contributed by atoms with Gasteiger partial charge in [-0.25, -0.2) is 14.8 Å². The summed E-state index contributed by atoms with van der Waals surface area (Å²) in [7, 11) is 1.57. The van der Waals surface area contributed by atoms with E-state index in [1.54, 1.807) is 25.8 Å². The van der Waals surface area contributed by atoms with Crippen molar-refractivity contribution in [3.8, 4) is 28.4 Å². The molecular formula is C23H20N6O2. The minimum absolute atomic E-state index is 0.0154. The molecule has 0 saturated carbocycles. The average Bonchev–Trinajstić information content (AvgIpc) is 3.40. The second-order valence-corrected chi connectivity index (χ2v) is 7.14. The van der Waals surface area contributed by atoms with Gasteiger partial charge in [0.15, 0.2) is 0 Å². The van der Waals surface area contributed by atoms with Crippen LogP contribution in [-0.2, 0) is 0 Å². The molecule has 1 aromatic carbocycles. The molecule has 8 nitrogen and oxygen atoms in total. The zero-order valence-corrected chi connectivity index (χ0v) is 16.8. The van der Waals surface area contributed by atoms with Gasteiger partial charge < -0.3 is 19.9 Å². The number of ether oxygens (including phenoxy) is 1. The van der Waals surface area contributed by atoms with Crippen molar-refractivity contribution >= 4 is 11.7 Å². The van der Waals surface area contributed by atoms with E-state index in [4.69, 9.17) is 4.74 Å². The summed E-state index contributed by atoms with van der Waals surface area (Å²) in [4.78, 5) is 25.2. The van der Waals surface area contributed by atoms with Crippen LogP contribution in [0.5, 0.6) is 5.88 Å². The summed E-state index contributed by atoms with van der Waals surface area (Å²) in [6.45, 7) is 0.453. The fourth-order valence-corrected chi connectivity index (χ4v) is 3.82. The number of benzene rings is 1. The van der Waals surface area contributed by atoms with E-state index < -0.39 is 0 Å². The average molecular weight is 412 g/mol. The second kappa shape index (κ2) is 7.91. The molecule has 5 rings (SSSR count). The lowest BCUT2D eigenvalue weighted by Gasteiger charge is -2.16. The molecule has 1 aliphatic rings. The number of carbonyl (C=O) groups is 1. The number of hydrogen-bond donors (Lipinski definition) is 2. The number of aromatic nitrogens is 4. The number of fused-ring (bicyclic) bond motifs is 3. The smallest absolute Gasteiger partial charge is 0.319 e. The van der Waals surface area contributed by atoms with Crippen LogP contribution in [-0.4, -0.2) is 39.2 Å². The van der Waals surface area contributed by atoms with Crippen LogP contribution in [0, 0.1) is 0 Å². The van der Waals surface area contributed by atoms with Gasteiger partial charge in [0.2, 0.25) is 5.88 Å². The van der Waals surface area contributed by atoms with Crippen molar-refractivity contribution in [3.05, 3.63) is 79.0 Å². The van der Waals surface area contributed by atoms with Crippen LogP contribution in [0.1, 0.15) is 11.6 Å². The number of nitrogens with zero attached hydrogens (tertiary/aromatic N) is 4. The third kappa shape index (κ3) is 3.59. The van der Waals surface area contributed by atoms with Crippen molar-refractivity contribution in [1.29, 1.82) is 0 Å². The van der Waals surface area contributed by atoms with Gasteiger partial charge in [0.05, 0.1) is 48.9 Å². The van der Waals surface area contributed by atoms with E-state index >= 15 is 0 Å². The molecule has 0 saturated heterocycles. The lowest BCUT2D eigenvalue weighted by Crippen LogP contribution is -2.33. The maximum Gasteiger partial charge on any atom is 0.319 e. The minimum Gasteiger partial charge on any atom is -0.481 e. The SMILES string of the molecule is COc1cc(-c2ccc(NC(=O)NCC3c4ccccc4-c4cncn43)cn2)ccn1. The van der Waals surface area contributed by atoms with Crippen molar-refractivity contribution < 1.29 is 9.53 Å². The highest BCUT2D eigenvalue weighted by Crippen LogP contribution is 2.38. The molecule has 3 aromatic heterocycles. The summed E-state index contributed by atoms with van der Waals surface area (Å²) in [5, 5.41) is 5.79. The summed E-state index contributed by atoms with van der Waals surface area (Å²) < 4.78 is 7.24. The number of methoxy groups -OCH3 is 1. The Balaban J connectivity index is 1.23. The molecule has 0 radical (unpaired) electrons. The lowest BCUT2D eigenvalue weighted by atomic mass is 10.0. The molecule has 4 aromatic rings. The highest BCUT2D eigenvalue weighted by molar-refractivity contribution is 5.89. The first-order valence-electron chi connectivity index (χ1n) is 9.85. The minimum atomic E-state index is -0.286. The van der Waals surface area contributed by atoms with Crippen molar-refractivity contribution in [1.82, 2.24) is 24.8 Å². The van der Waals surface area contributed by atoms with Crippen LogP contribution in [0.3, 0.4) is 0 Å². The number of hydrogen-bond acceptors (Lipinski definition) is 5. The molecule has 2 amide bonds. The summed E-state index contributed by atoms with van der Waals surface area (Å²) >= 11 is 0. The maximum absolute atomic E-state index is 12.5. The van der Waals surface area contributed by atoms with Gasteiger partial charge >= 0.3 is 6.03 Å². The van der Waals surface area contributed by atoms with Gasteiger partial charge in [0.25, 0.3) is 0 Å². The van der Waals surface area contributed by atoms with Crippen molar-refractivity contribution in [2.75, 3.05) is 19.0 Å². The second-order valence-electron chi connectivity index (χ2n) is 7.14. The zero-order valence-electron chi connectivity index (χ0n) is 16.8. The van der Waals surface area contributed by atoms with Gasteiger partial charge in [-0.2, -0.15) is 0 Å². The Morgan fingerprint density at radius 2 is 2.03 bits per heavy atom. The molecule has 31 heavy (non-hydrogen) atoms. The Morgan fingerprint density at radius 1 is 1.13 bits per heavy atom. The summed E-state index contributed by atoms with van der Waals surface area (Å²) in [6, 6.07) is 15.2. The molecule has 8 heteroatoms. The fraction of sp³-hybridized carbons (Fsp3) is 0.130. The van der Waals surface area contributed by atoms with E-state index in [-0.39, 0.29) is 12.1 Å². The molecule has 2 N–H and O–H groups in total. The molecule has 0 spiro atoms. The molecule has 0 fully saturated rings. The molecule has 4 heterocycles. The molecule has 1 aliphatic heterocycles. The molecule has 154 valence electrons. The van der Waals surface area contributed by atoms with E-state index in [1.807, 2.05) is 42.6 Å². The van der Waals surface area contributed by atoms with E-state index in [2.05, 4.69) is 42.3 Å². The van der Waals surface area contributed by atoms with Gasteiger partial charge in [-0.3, -0.25) is 4.98 Å². The van der Waals surface area contributed by atoms with Crippen LogP contribution in [0.15, 0.2) is 73.4 Å². The molecule has 1 atom stereocenters. The number of pyridine rings is 2. The Kier molecular flexibility index (Phi) is 4.80. The number of imidazole rings is 1. The van der Waals surface area contributed by atoms with Gasteiger partial charge in [0.1, 0.15) is 0 Å². The number of rotatable bonds is 5. The number of anilines is 1. The molecule has 0 aliphatic carbocycles. The van der Waals surface area contributed by atoms with Gasteiger partial charge in [-0.05, 0) is 23.8 Å². The Bertz CT molecular complexity index is 1230. The standard InChI is InChI=1S/C23H20N6O2/c1-31-22-10-15(8-9-25-22)19-7-6-16(11-26-19)28-23(30)27-13-21-18-5-3-2-4-17(18)20-12-24-14-29(20)21/h2-12,14,21H,13H2,1H3,(H2,27,28,30). The van der Waals surface area contributed by atoms with Gasteiger partial charge in [0, 0.05) is 29.9 Å². The normalized spacial score (nSPS) is 13.9. The van der Waals surface area contributed by atoms with Crippen LogP contribution >= 0.6 is 0 Å². The van der Waals surface area contributed by atoms with Crippen LogP contribution in [0.25, 0.3) is 22.5 Å². The lowest BCUT2D eigenvalue weighted by molar-refractivity contribution is 0.251. The molecule has 0 bridgehead atoms. The van der Waals surface area contributed by atoms with E-state index in [9.17, 15) is 4.79 Å². The topological polar surface area (TPSA) is 94.0 Å². The summed E-state index contributed by atoms with van der Waals surface area (Å²) in [6.07, 6.45) is 6.95. The molecular weight excluding hydrogens is 392 g/mol. The maximum atomic E-state index is 12.5. The fourth-order valence-electron chi connectivity index (χ4n) is 3.82. The first-order valence-corrected chi connectivity index (χ1v) is 9.85. The van der Waals surface area contributed by atoms with Crippen molar-refractivity contribution in [3.63, 3.8) is 0 Å².